The van der Waals surface area contributed by atoms with Gasteiger partial charge in [-0.05, 0) is 74.7 Å². The fraction of sp³-hybridized carbons (Fsp3) is 0.440. The van der Waals surface area contributed by atoms with E-state index in [0.29, 0.717) is 18.5 Å². The number of hydrogen-bond acceptors (Lipinski definition) is 7. The van der Waals surface area contributed by atoms with Crippen molar-refractivity contribution in [1.29, 1.82) is 0 Å². The molecular formula is C25H27N5O5S. The highest BCUT2D eigenvalue weighted by Crippen LogP contribution is 2.49. The second kappa shape index (κ2) is 8.22. The molecule has 1 aromatic rings. The van der Waals surface area contributed by atoms with E-state index >= 15 is 0 Å². The summed E-state index contributed by atoms with van der Waals surface area (Å²) in [6.45, 7) is 4.30. The van der Waals surface area contributed by atoms with Crippen LogP contribution >= 0.6 is 12.2 Å². The lowest BCUT2D eigenvalue weighted by Crippen LogP contribution is -2.70. The maximum Gasteiger partial charge on any atom is 0.332 e. The molecule has 1 N–H and O–H groups in total. The van der Waals surface area contributed by atoms with Gasteiger partial charge in [-0.1, -0.05) is 6.07 Å². The summed E-state index contributed by atoms with van der Waals surface area (Å²) in [5, 5.41) is 2.64. The number of urea groups is 1. The number of imide groups is 2. The Bertz CT molecular complexity index is 1260. The molecule has 6 amide bonds. The van der Waals surface area contributed by atoms with Crippen LogP contribution < -0.4 is 10.2 Å². The molecule has 4 aliphatic rings. The van der Waals surface area contributed by atoms with E-state index in [9.17, 15) is 24.0 Å². The molecular weight excluding hydrogens is 482 g/mol. The summed E-state index contributed by atoms with van der Waals surface area (Å²) < 4.78 is 0. The SMILES string of the molecule is CC(C)N1C(=O)/C(=C\c2ccc3c(c2)CC2(C(=O)N(C)C(=O)N(C)C2=O)[C@@H]2CCCN32)C(=O)NC1=S. The zero-order valence-electron chi connectivity index (χ0n) is 20.5. The Morgan fingerprint density at radius 2 is 1.75 bits per heavy atom. The summed E-state index contributed by atoms with van der Waals surface area (Å²) in [5.74, 6) is -2.04. The van der Waals surface area contributed by atoms with Crippen molar-refractivity contribution >= 4 is 58.8 Å². The lowest BCUT2D eigenvalue weighted by molar-refractivity contribution is -0.159. The molecule has 1 atom stereocenters. The molecule has 188 valence electrons. The molecule has 1 spiro atoms. The van der Waals surface area contributed by atoms with Crippen LogP contribution in [0, 0.1) is 5.41 Å². The second-order valence-corrected chi connectivity index (χ2v) is 10.4. The molecule has 0 unspecified atom stereocenters. The van der Waals surface area contributed by atoms with Gasteiger partial charge in [-0.25, -0.2) is 4.79 Å². The monoisotopic (exact) mass is 509 g/mol. The third-order valence-corrected chi connectivity index (χ3v) is 7.91. The standard InChI is InChI=1S/C25H27N5O5S/c1-13(2)30-20(32)16(19(31)26-23(30)36)11-14-7-8-17-15(10-14)12-25(18-6-5-9-29(17)18)21(33)27(3)24(35)28(4)22(25)34/h7-8,10-11,13,18H,5-6,9,12H2,1-4H3,(H,26,31,36)/b16-11-/t18-/m0/s1. The van der Waals surface area contributed by atoms with Crippen molar-refractivity contribution in [3.63, 3.8) is 0 Å². The molecule has 3 fully saturated rings. The van der Waals surface area contributed by atoms with E-state index in [4.69, 9.17) is 12.2 Å². The summed E-state index contributed by atoms with van der Waals surface area (Å²) in [6, 6.07) is 4.31. The molecule has 11 heteroatoms. The van der Waals surface area contributed by atoms with Crippen molar-refractivity contribution in [2.75, 3.05) is 25.5 Å². The number of benzene rings is 1. The number of rotatable bonds is 2. The van der Waals surface area contributed by atoms with Crippen LogP contribution in [0.5, 0.6) is 0 Å². The summed E-state index contributed by atoms with van der Waals surface area (Å²) in [4.78, 5) is 70.7. The van der Waals surface area contributed by atoms with Crippen LogP contribution in [0.2, 0.25) is 0 Å². The minimum absolute atomic E-state index is 0.0447. The lowest BCUT2D eigenvalue weighted by Gasteiger charge is -2.50. The molecule has 0 bridgehead atoms. The van der Waals surface area contributed by atoms with Crippen LogP contribution in [-0.2, 0) is 25.6 Å². The Balaban J connectivity index is 1.59. The Kier molecular flexibility index (Phi) is 5.51. The molecule has 0 saturated carbocycles. The number of fused-ring (bicyclic) bond motifs is 4. The van der Waals surface area contributed by atoms with Crippen LogP contribution in [0.3, 0.4) is 0 Å². The quantitative estimate of drug-likeness (QED) is 0.277. The van der Waals surface area contributed by atoms with Crippen molar-refractivity contribution in [3.8, 4) is 0 Å². The zero-order chi connectivity index (χ0) is 26.1. The normalized spacial score (nSPS) is 24.8. The lowest BCUT2D eigenvalue weighted by atomic mass is 9.68. The van der Waals surface area contributed by atoms with E-state index in [2.05, 4.69) is 10.2 Å². The predicted octanol–water partition coefficient (Wildman–Crippen LogP) is 1.28. The number of thiocarbonyl (C=S) groups is 1. The summed E-state index contributed by atoms with van der Waals surface area (Å²) in [5.41, 5.74) is 0.797. The number of nitrogens with zero attached hydrogens (tertiary/aromatic N) is 4. The number of carbonyl (C=O) groups excluding carboxylic acids is 5. The van der Waals surface area contributed by atoms with Gasteiger partial charge in [-0.2, -0.15) is 0 Å². The van der Waals surface area contributed by atoms with Gasteiger partial charge in [-0.15, -0.1) is 0 Å². The summed E-state index contributed by atoms with van der Waals surface area (Å²) >= 11 is 5.16. The first-order valence-electron chi connectivity index (χ1n) is 11.9. The van der Waals surface area contributed by atoms with Crippen LogP contribution in [0.1, 0.15) is 37.8 Å². The average Bonchev–Trinajstić information content (AvgIpc) is 3.33. The van der Waals surface area contributed by atoms with Crippen molar-refractivity contribution < 1.29 is 24.0 Å². The molecule has 0 radical (unpaired) electrons. The minimum atomic E-state index is -1.41. The molecule has 10 nitrogen and oxygen atoms in total. The fourth-order valence-electron chi connectivity index (χ4n) is 5.93. The summed E-state index contributed by atoms with van der Waals surface area (Å²) in [6.07, 6.45) is 3.12. The van der Waals surface area contributed by atoms with Crippen LogP contribution in [-0.4, -0.2) is 82.2 Å². The highest BCUT2D eigenvalue weighted by atomic mass is 32.1. The summed E-state index contributed by atoms with van der Waals surface area (Å²) in [7, 11) is 2.81. The first kappa shape index (κ1) is 24.1. The number of nitrogens with one attached hydrogen (secondary N) is 1. The number of barbiturate groups is 1. The van der Waals surface area contributed by atoms with Gasteiger partial charge in [0.2, 0.25) is 11.8 Å². The molecule has 3 saturated heterocycles. The van der Waals surface area contributed by atoms with Crippen molar-refractivity contribution in [3.05, 3.63) is 34.9 Å². The Hall–Kier alpha value is -3.60. The van der Waals surface area contributed by atoms with Crippen LogP contribution in [0.4, 0.5) is 10.5 Å². The molecule has 4 heterocycles. The number of anilines is 1. The number of amides is 6. The van der Waals surface area contributed by atoms with Gasteiger partial charge in [0.25, 0.3) is 11.8 Å². The molecule has 1 aromatic carbocycles. The van der Waals surface area contributed by atoms with Crippen molar-refractivity contribution in [2.24, 2.45) is 5.41 Å². The maximum absolute atomic E-state index is 13.5. The molecule has 0 aromatic heterocycles. The zero-order valence-corrected chi connectivity index (χ0v) is 21.3. The van der Waals surface area contributed by atoms with Crippen molar-refractivity contribution in [2.45, 2.75) is 45.2 Å². The Morgan fingerprint density at radius 1 is 1.08 bits per heavy atom. The highest BCUT2D eigenvalue weighted by molar-refractivity contribution is 7.80. The smallest absolute Gasteiger partial charge is 0.332 e. The average molecular weight is 510 g/mol. The van der Waals surface area contributed by atoms with Crippen molar-refractivity contribution in [1.82, 2.24) is 20.0 Å². The van der Waals surface area contributed by atoms with Gasteiger partial charge in [-0.3, -0.25) is 39.2 Å². The molecule has 4 aliphatic heterocycles. The highest BCUT2D eigenvalue weighted by Gasteiger charge is 2.63. The van der Waals surface area contributed by atoms with E-state index in [1.165, 1.54) is 25.1 Å². The van der Waals surface area contributed by atoms with Gasteiger partial charge in [0.1, 0.15) is 5.57 Å². The molecule has 5 rings (SSSR count). The number of carbonyl (C=O) groups is 5. The minimum Gasteiger partial charge on any atom is -0.367 e. The van der Waals surface area contributed by atoms with Crippen LogP contribution in [0.25, 0.3) is 6.08 Å². The third kappa shape index (κ3) is 3.22. The molecule has 36 heavy (non-hydrogen) atoms. The van der Waals surface area contributed by atoms with Gasteiger partial charge in [0, 0.05) is 32.4 Å². The van der Waals surface area contributed by atoms with Gasteiger partial charge >= 0.3 is 6.03 Å². The number of hydrogen-bond donors (Lipinski definition) is 1. The van der Waals surface area contributed by atoms with Gasteiger partial charge in [0.05, 0.1) is 6.04 Å². The largest absolute Gasteiger partial charge is 0.367 e. The van der Waals surface area contributed by atoms with E-state index in [1.807, 2.05) is 18.2 Å². The predicted molar refractivity (Wildman–Crippen MR) is 135 cm³/mol. The van der Waals surface area contributed by atoms with E-state index in [-0.39, 0.29) is 29.2 Å². The maximum atomic E-state index is 13.5. The van der Waals surface area contributed by atoms with Gasteiger partial charge in [0.15, 0.2) is 10.5 Å². The first-order valence-corrected chi connectivity index (χ1v) is 12.3. The van der Waals surface area contributed by atoms with Crippen LogP contribution in [0.15, 0.2) is 23.8 Å². The van der Waals surface area contributed by atoms with E-state index < -0.39 is 35.1 Å². The second-order valence-electron chi connectivity index (χ2n) is 9.98. The van der Waals surface area contributed by atoms with Gasteiger partial charge < -0.3 is 4.90 Å². The first-order chi connectivity index (χ1) is 17.0. The fourth-order valence-corrected chi connectivity index (χ4v) is 6.32. The third-order valence-electron chi connectivity index (χ3n) is 7.61. The van der Waals surface area contributed by atoms with E-state index in [1.54, 1.807) is 13.8 Å². The topological polar surface area (TPSA) is 110 Å². The Morgan fingerprint density at radius 3 is 2.39 bits per heavy atom. The Labute approximate surface area is 213 Å². The van der Waals surface area contributed by atoms with E-state index in [0.717, 1.165) is 27.5 Å². The molecule has 0 aliphatic carbocycles.